The number of aryl methyl sites for hydroxylation is 1. The van der Waals surface area contributed by atoms with Crippen LogP contribution < -0.4 is 10.2 Å². The van der Waals surface area contributed by atoms with Crippen molar-refractivity contribution in [3.63, 3.8) is 0 Å². The molecule has 2 rings (SSSR count). The van der Waals surface area contributed by atoms with Gasteiger partial charge in [-0.2, -0.15) is 0 Å². The largest absolute Gasteiger partial charge is 0.354 e. The van der Waals surface area contributed by atoms with Gasteiger partial charge in [0.05, 0.1) is 18.8 Å². The average molecular weight is 371 g/mol. The summed E-state index contributed by atoms with van der Waals surface area (Å²) in [6.45, 7) is 4.18. The van der Waals surface area contributed by atoms with Crippen molar-refractivity contribution in [3.8, 4) is 12.3 Å². The van der Waals surface area contributed by atoms with Gasteiger partial charge in [-0.3, -0.25) is 9.89 Å². The predicted octanol–water partition coefficient (Wildman–Crippen LogP) is 2.92. The van der Waals surface area contributed by atoms with Crippen LogP contribution in [-0.2, 0) is 0 Å². The van der Waals surface area contributed by atoms with Crippen molar-refractivity contribution in [1.29, 1.82) is 0 Å². The van der Waals surface area contributed by atoms with Crippen LogP contribution in [0.2, 0.25) is 0 Å². The minimum atomic E-state index is 0.478. The van der Waals surface area contributed by atoms with E-state index in [1.807, 2.05) is 4.90 Å². The number of guanidine groups is 1. The fourth-order valence-corrected chi connectivity index (χ4v) is 3.71. The van der Waals surface area contributed by atoms with Crippen LogP contribution in [0.3, 0.4) is 0 Å². The predicted molar refractivity (Wildman–Crippen MR) is 83.1 cm³/mol. The lowest BCUT2D eigenvalue weighted by atomic mass is 10.2. The SMILES string of the molecule is C#CCN(C1=NCCN1)c1c(Br)cc(C)cc1Br. The van der Waals surface area contributed by atoms with E-state index in [1.165, 1.54) is 5.56 Å². The topological polar surface area (TPSA) is 27.6 Å². The molecule has 0 saturated heterocycles. The third-order valence-electron chi connectivity index (χ3n) is 2.59. The zero-order valence-electron chi connectivity index (χ0n) is 10.0. The van der Waals surface area contributed by atoms with Crippen LogP contribution in [0.25, 0.3) is 0 Å². The van der Waals surface area contributed by atoms with Crippen LogP contribution in [0.1, 0.15) is 5.56 Å². The highest BCUT2D eigenvalue weighted by Crippen LogP contribution is 2.35. The highest BCUT2D eigenvalue weighted by Gasteiger charge is 2.20. The maximum absolute atomic E-state index is 5.46. The fourth-order valence-electron chi connectivity index (χ4n) is 1.87. The van der Waals surface area contributed by atoms with Crippen molar-refractivity contribution in [2.45, 2.75) is 6.92 Å². The van der Waals surface area contributed by atoms with E-state index >= 15 is 0 Å². The van der Waals surface area contributed by atoms with Crippen molar-refractivity contribution in [2.24, 2.45) is 4.99 Å². The Bertz CT molecular complexity index is 509. The van der Waals surface area contributed by atoms with Crippen LogP contribution >= 0.6 is 31.9 Å². The summed E-state index contributed by atoms with van der Waals surface area (Å²) in [5.41, 5.74) is 2.19. The number of anilines is 1. The summed E-state index contributed by atoms with van der Waals surface area (Å²) in [6.07, 6.45) is 5.46. The van der Waals surface area contributed by atoms with Crippen molar-refractivity contribution in [2.75, 3.05) is 24.5 Å². The molecule has 0 aromatic heterocycles. The molecular weight excluding hydrogens is 358 g/mol. The normalized spacial score (nSPS) is 13.8. The Labute approximate surface area is 124 Å². The summed E-state index contributed by atoms with van der Waals surface area (Å²) in [4.78, 5) is 6.43. The van der Waals surface area contributed by atoms with Gasteiger partial charge < -0.3 is 5.32 Å². The van der Waals surface area contributed by atoms with Crippen molar-refractivity contribution in [1.82, 2.24) is 5.32 Å². The van der Waals surface area contributed by atoms with E-state index in [0.717, 1.165) is 33.7 Å². The molecule has 0 bridgehead atoms. The third-order valence-corrected chi connectivity index (χ3v) is 3.80. The number of rotatable bonds is 2. The molecule has 0 aliphatic carbocycles. The molecule has 0 radical (unpaired) electrons. The van der Waals surface area contributed by atoms with E-state index in [9.17, 15) is 0 Å². The number of halogens is 2. The molecule has 0 unspecified atom stereocenters. The number of hydrogen-bond acceptors (Lipinski definition) is 3. The maximum Gasteiger partial charge on any atom is 0.199 e. The van der Waals surface area contributed by atoms with Gasteiger partial charge in [0.2, 0.25) is 0 Å². The molecule has 1 N–H and O–H groups in total. The lowest BCUT2D eigenvalue weighted by Gasteiger charge is -2.25. The molecule has 18 heavy (non-hydrogen) atoms. The first-order chi connectivity index (χ1) is 8.63. The van der Waals surface area contributed by atoms with E-state index < -0.39 is 0 Å². The molecule has 0 amide bonds. The standard InChI is InChI=1S/C13H13Br2N3/c1-3-6-18(13-16-4-5-17-13)12-10(14)7-9(2)8-11(12)15/h1,7-8H,4-6H2,2H3,(H,16,17). The first-order valence-corrected chi connectivity index (χ1v) is 7.17. The highest BCUT2D eigenvalue weighted by atomic mass is 79.9. The number of benzene rings is 1. The molecule has 0 fully saturated rings. The molecule has 1 aliphatic rings. The zero-order chi connectivity index (χ0) is 13.1. The number of hydrogen-bond donors (Lipinski definition) is 1. The van der Waals surface area contributed by atoms with Crippen molar-refractivity contribution < 1.29 is 0 Å². The van der Waals surface area contributed by atoms with Crippen molar-refractivity contribution >= 4 is 43.5 Å². The van der Waals surface area contributed by atoms with E-state index in [0.29, 0.717) is 6.54 Å². The average Bonchev–Trinajstić information content (AvgIpc) is 2.79. The Kier molecular flexibility index (Phi) is 4.31. The summed E-state index contributed by atoms with van der Waals surface area (Å²) in [6, 6.07) is 4.14. The Morgan fingerprint density at radius 2 is 2.11 bits per heavy atom. The summed E-state index contributed by atoms with van der Waals surface area (Å²) in [5.74, 6) is 3.51. The third kappa shape index (κ3) is 2.70. The fraction of sp³-hybridized carbons (Fsp3) is 0.308. The van der Waals surface area contributed by atoms with Gasteiger partial charge in [-0.15, -0.1) is 6.42 Å². The van der Waals surface area contributed by atoms with Gasteiger partial charge >= 0.3 is 0 Å². The molecule has 1 aromatic rings. The second-order valence-corrected chi connectivity index (χ2v) is 5.71. The molecule has 0 saturated carbocycles. The van der Waals surface area contributed by atoms with Crippen LogP contribution in [-0.4, -0.2) is 25.6 Å². The van der Waals surface area contributed by atoms with Crippen LogP contribution in [0, 0.1) is 19.3 Å². The smallest absolute Gasteiger partial charge is 0.199 e. The van der Waals surface area contributed by atoms with E-state index in [2.05, 4.69) is 67.1 Å². The van der Waals surface area contributed by atoms with Crippen molar-refractivity contribution in [3.05, 3.63) is 26.6 Å². The number of nitrogens with zero attached hydrogens (tertiary/aromatic N) is 2. The monoisotopic (exact) mass is 369 g/mol. The minimum absolute atomic E-state index is 0.478. The van der Waals surface area contributed by atoms with Gasteiger partial charge in [0.1, 0.15) is 0 Å². The van der Waals surface area contributed by atoms with Gasteiger partial charge in [0.15, 0.2) is 5.96 Å². The Morgan fingerprint density at radius 3 is 2.61 bits per heavy atom. The quantitative estimate of drug-likeness (QED) is 0.810. The first-order valence-electron chi connectivity index (χ1n) is 5.58. The lowest BCUT2D eigenvalue weighted by molar-refractivity contribution is 0.946. The molecule has 1 aromatic carbocycles. The first kappa shape index (κ1) is 13.4. The second-order valence-electron chi connectivity index (χ2n) is 4.00. The second kappa shape index (κ2) is 5.77. The van der Waals surface area contributed by atoms with E-state index in [4.69, 9.17) is 6.42 Å². The van der Waals surface area contributed by atoms with Gasteiger partial charge in [-0.25, -0.2) is 0 Å². The molecule has 3 nitrogen and oxygen atoms in total. The number of terminal acetylenes is 1. The van der Waals surface area contributed by atoms with Gasteiger partial charge in [-0.1, -0.05) is 5.92 Å². The summed E-state index contributed by atoms with van der Waals surface area (Å²) < 4.78 is 2.00. The molecule has 94 valence electrons. The van der Waals surface area contributed by atoms with E-state index in [-0.39, 0.29) is 0 Å². The lowest BCUT2D eigenvalue weighted by Crippen LogP contribution is -2.39. The van der Waals surface area contributed by atoms with Gasteiger partial charge in [-0.05, 0) is 56.5 Å². The molecule has 5 heteroatoms. The Morgan fingerprint density at radius 1 is 1.44 bits per heavy atom. The highest BCUT2D eigenvalue weighted by molar-refractivity contribution is 9.11. The van der Waals surface area contributed by atoms with Crippen LogP contribution in [0.4, 0.5) is 5.69 Å². The molecule has 1 aliphatic heterocycles. The number of nitrogens with one attached hydrogen (secondary N) is 1. The Hall–Kier alpha value is -0.990. The molecule has 0 atom stereocenters. The molecular formula is C13H13Br2N3. The van der Waals surface area contributed by atoms with E-state index in [1.54, 1.807) is 0 Å². The zero-order valence-corrected chi connectivity index (χ0v) is 13.2. The minimum Gasteiger partial charge on any atom is -0.354 e. The Balaban J connectivity index is 2.46. The maximum atomic E-state index is 5.46. The molecule has 0 spiro atoms. The molecule has 1 heterocycles. The summed E-state index contributed by atoms with van der Waals surface area (Å²) in [7, 11) is 0. The van der Waals surface area contributed by atoms with Crippen LogP contribution in [0.5, 0.6) is 0 Å². The number of aliphatic imine (C=N–C) groups is 1. The van der Waals surface area contributed by atoms with Gasteiger partial charge in [0, 0.05) is 15.5 Å². The van der Waals surface area contributed by atoms with Crippen LogP contribution in [0.15, 0.2) is 26.1 Å². The van der Waals surface area contributed by atoms with Gasteiger partial charge in [0.25, 0.3) is 0 Å². The summed E-state index contributed by atoms with van der Waals surface area (Å²) >= 11 is 7.19. The summed E-state index contributed by atoms with van der Waals surface area (Å²) in [5, 5.41) is 3.25.